The molecule has 5 atom stereocenters. The van der Waals surface area contributed by atoms with Gasteiger partial charge in [0.05, 0.1) is 13.2 Å². The highest BCUT2D eigenvalue weighted by atomic mass is 79.9. The Hall–Kier alpha value is -0.870. The molecule has 2 aliphatic rings. The maximum absolute atomic E-state index is 11.5. The molecular weight excluding hydrogens is 368 g/mol. The van der Waals surface area contributed by atoms with Gasteiger partial charge in [-0.2, -0.15) is 0 Å². The van der Waals surface area contributed by atoms with Crippen LogP contribution in [0.2, 0.25) is 0 Å². The summed E-state index contributed by atoms with van der Waals surface area (Å²) in [6.45, 7) is 5.26. The number of fused-ring (bicyclic) bond motifs is 1. The lowest BCUT2D eigenvalue weighted by Crippen LogP contribution is -2.47. The zero-order valence-corrected chi connectivity index (χ0v) is 16.1. The average molecular weight is 395 g/mol. The summed E-state index contributed by atoms with van der Waals surface area (Å²) < 4.78 is 11.7. The maximum Gasteiger partial charge on any atom is 0.302 e. The molecule has 2 aliphatic carbocycles. The summed E-state index contributed by atoms with van der Waals surface area (Å²) in [7, 11) is 0. The van der Waals surface area contributed by atoms with E-state index in [4.69, 9.17) is 9.47 Å². The van der Waals surface area contributed by atoms with Crippen molar-refractivity contribution in [3.63, 3.8) is 0 Å². The molecule has 2 saturated carbocycles. The van der Waals surface area contributed by atoms with Crippen LogP contribution in [0.5, 0.6) is 0 Å². The van der Waals surface area contributed by atoms with Gasteiger partial charge >= 0.3 is 5.97 Å². The van der Waals surface area contributed by atoms with Crippen molar-refractivity contribution in [2.24, 2.45) is 17.3 Å². The third-order valence-corrected chi connectivity index (χ3v) is 7.41. The van der Waals surface area contributed by atoms with E-state index < -0.39 is 0 Å². The van der Waals surface area contributed by atoms with E-state index in [1.54, 1.807) is 0 Å². The largest absolute Gasteiger partial charge is 0.462 e. The molecule has 2 fully saturated rings. The molecule has 4 heteroatoms. The van der Waals surface area contributed by atoms with Gasteiger partial charge in [-0.05, 0) is 42.6 Å². The fourth-order valence-electron chi connectivity index (χ4n) is 4.73. The van der Waals surface area contributed by atoms with Gasteiger partial charge in [0, 0.05) is 17.7 Å². The van der Waals surface area contributed by atoms with Crippen LogP contribution in [-0.2, 0) is 20.9 Å². The molecule has 0 heterocycles. The summed E-state index contributed by atoms with van der Waals surface area (Å²) in [5.74, 6) is 0.685. The molecule has 132 valence electrons. The van der Waals surface area contributed by atoms with E-state index >= 15 is 0 Å². The quantitative estimate of drug-likeness (QED) is 0.534. The van der Waals surface area contributed by atoms with Crippen LogP contribution in [0.4, 0.5) is 0 Å². The molecule has 0 saturated heterocycles. The number of halogens is 1. The minimum atomic E-state index is -0.161. The van der Waals surface area contributed by atoms with Crippen molar-refractivity contribution < 1.29 is 14.3 Å². The molecule has 0 aliphatic heterocycles. The highest BCUT2D eigenvalue weighted by molar-refractivity contribution is 9.09. The minimum Gasteiger partial charge on any atom is -0.462 e. The first kappa shape index (κ1) is 17.9. The molecule has 1 aromatic rings. The Morgan fingerprint density at radius 2 is 2.00 bits per heavy atom. The van der Waals surface area contributed by atoms with Crippen LogP contribution in [0.1, 0.15) is 45.1 Å². The number of carbonyl (C=O) groups is 1. The smallest absolute Gasteiger partial charge is 0.302 e. The molecular formula is C20H27BrO3. The van der Waals surface area contributed by atoms with Crippen LogP contribution >= 0.6 is 15.9 Å². The van der Waals surface area contributed by atoms with Crippen LogP contribution in [0, 0.1) is 17.3 Å². The van der Waals surface area contributed by atoms with Crippen molar-refractivity contribution in [1.29, 1.82) is 0 Å². The van der Waals surface area contributed by atoms with E-state index in [1.807, 2.05) is 18.2 Å². The van der Waals surface area contributed by atoms with Gasteiger partial charge in [-0.25, -0.2) is 0 Å². The lowest BCUT2D eigenvalue weighted by Gasteiger charge is -2.46. The number of esters is 1. The number of rotatable bonds is 5. The third-order valence-electron chi connectivity index (χ3n) is 5.90. The molecule has 0 spiro atoms. The number of carbonyl (C=O) groups excluding carboxylic acids is 1. The topological polar surface area (TPSA) is 35.5 Å². The van der Waals surface area contributed by atoms with Gasteiger partial charge in [-0.15, -0.1) is 0 Å². The van der Waals surface area contributed by atoms with Crippen LogP contribution in [0.3, 0.4) is 0 Å². The Balaban J connectivity index is 1.65. The SMILES string of the molecule is CC(=O)O[C@@H]1CCC(Br)[C@@]2(C)CC[C@@H](COCc3ccccc3)[C@@H]12. The monoisotopic (exact) mass is 394 g/mol. The van der Waals surface area contributed by atoms with Crippen LogP contribution < -0.4 is 0 Å². The minimum absolute atomic E-state index is 0.0362. The first-order valence-corrected chi connectivity index (χ1v) is 9.85. The van der Waals surface area contributed by atoms with Crippen LogP contribution in [0.25, 0.3) is 0 Å². The van der Waals surface area contributed by atoms with Gasteiger partial charge in [0.25, 0.3) is 0 Å². The highest BCUT2D eigenvalue weighted by Crippen LogP contribution is 2.57. The Labute approximate surface area is 153 Å². The van der Waals surface area contributed by atoms with Crippen molar-refractivity contribution in [2.75, 3.05) is 6.61 Å². The average Bonchev–Trinajstić information content (AvgIpc) is 2.90. The fourth-order valence-corrected chi connectivity index (χ4v) is 5.53. The van der Waals surface area contributed by atoms with E-state index in [2.05, 4.69) is 35.0 Å². The summed E-state index contributed by atoms with van der Waals surface area (Å²) in [4.78, 5) is 12.0. The van der Waals surface area contributed by atoms with Crippen molar-refractivity contribution in [3.8, 4) is 0 Å². The summed E-state index contributed by atoms with van der Waals surface area (Å²) in [5, 5.41) is 0. The van der Waals surface area contributed by atoms with E-state index in [-0.39, 0.29) is 17.5 Å². The first-order valence-electron chi connectivity index (χ1n) is 8.93. The van der Waals surface area contributed by atoms with E-state index in [9.17, 15) is 4.79 Å². The molecule has 1 aromatic carbocycles. The third kappa shape index (κ3) is 3.70. The predicted octanol–water partition coefficient (Wildman–Crippen LogP) is 4.72. The molecule has 3 nitrogen and oxygen atoms in total. The Kier molecular flexibility index (Phi) is 5.66. The number of hydrogen-bond acceptors (Lipinski definition) is 3. The normalized spacial score (nSPS) is 35.5. The van der Waals surface area contributed by atoms with Crippen LogP contribution in [0.15, 0.2) is 30.3 Å². The zero-order valence-electron chi connectivity index (χ0n) is 14.5. The molecule has 1 unspecified atom stereocenters. The van der Waals surface area contributed by atoms with Gasteiger partial charge < -0.3 is 9.47 Å². The van der Waals surface area contributed by atoms with Gasteiger partial charge in [-0.3, -0.25) is 4.79 Å². The fraction of sp³-hybridized carbons (Fsp3) is 0.650. The van der Waals surface area contributed by atoms with Crippen molar-refractivity contribution in [2.45, 2.75) is 57.1 Å². The zero-order chi connectivity index (χ0) is 17.2. The van der Waals surface area contributed by atoms with Crippen molar-refractivity contribution in [3.05, 3.63) is 35.9 Å². The highest BCUT2D eigenvalue weighted by Gasteiger charge is 2.55. The van der Waals surface area contributed by atoms with Crippen molar-refractivity contribution >= 4 is 21.9 Å². The maximum atomic E-state index is 11.5. The lowest BCUT2D eigenvalue weighted by atomic mass is 9.66. The summed E-state index contributed by atoms with van der Waals surface area (Å²) in [6, 6.07) is 10.3. The number of ether oxygens (including phenoxy) is 2. The lowest BCUT2D eigenvalue weighted by molar-refractivity contribution is -0.156. The second-order valence-electron chi connectivity index (χ2n) is 7.52. The first-order chi connectivity index (χ1) is 11.5. The standard InChI is InChI=1S/C20H27BrO3/c1-14(22)24-17-8-9-18(21)20(2)11-10-16(19(17)20)13-23-12-15-6-4-3-5-7-15/h3-7,16-19H,8-13H2,1-2H3/t16-,17+,18?,19-,20+/m0/s1. The number of alkyl halides is 1. The molecule has 0 radical (unpaired) electrons. The molecule has 0 aromatic heterocycles. The Morgan fingerprint density at radius 1 is 1.25 bits per heavy atom. The molecule has 0 N–H and O–H groups in total. The Bertz CT molecular complexity index is 561. The summed E-state index contributed by atoms with van der Waals surface area (Å²) in [5.41, 5.74) is 1.40. The van der Waals surface area contributed by atoms with Gasteiger partial charge in [0.2, 0.25) is 0 Å². The molecule has 0 bridgehead atoms. The molecule has 3 rings (SSSR count). The Morgan fingerprint density at radius 3 is 2.71 bits per heavy atom. The van der Waals surface area contributed by atoms with Gasteiger partial charge in [-0.1, -0.05) is 53.2 Å². The molecule has 0 amide bonds. The predicted molar refractivity (Wildman–Crippen MR) is 97.9 cm³/mol. The number of benzene rings is 1. The second-order valence-corrected chi connectivity index (χ2v) is 8.63. The summed E-state index contributed by atoms with van der Waals surface area (Å²) in [6.07, 6.45) is 4.38. The van der Waals surface area contributed by atoms with Crippen LogP contribution in [-0.4, -0.2) is 23.5 Å². The van der Waals surface area contributed by atoms with Gasteiger partial charge in [0.1, 0.15) is 6.10 Å². The van der Waals surface area contributed by atoms with Crippen molar-refractivity contribution in [1.82, 2.24) is 0 Å². The summed E-state index contributed by atoms with van der Waals surface area (Å²) >= 11 is 3.90. The van der Waals surface area contributed by atoms with E-state index in [0.29, 0.717) is 23.3 Å². The number of hydrogen-bond donors (Lipinski definition) is 0. The van der Waals surface area contributed by atoms with E-state index in [0.717, 1.165) is 25.9 Å². The van der Waals surface area contributed by atoms with Gasteiger partial charge in [0.15, 0.2) is 0 Å². The molecule has 24 heavy (non-hydrogen) atoms. The van der Waals surface area contributed by atoms with E-state index in [1.165, 1.54) is 18.9 Å². The second kappa shape index (κ2) is 7.57.